The van der Waals surface area contributed by atoms with Crippen LogP contribution in [0, 0.1) is 23.1 Å². The first-order chi connectivity index (χ1) is 7.45. The fourth-order valence-corrected chi connectivity index (χ4v) is 1.21. The lowest BCUT2D eigenvalue weighted by atomic mass is 10.1. The fraction of sp³-hybridized carbons (Fsp3) is 0.455. The zero-order chi connectivity index (χ0) is 12.3. The molecule has 0 spiro atoms. The normalized spacial score (nSPS) is 12.3. The van der Waals surface area contributed by atoms with Crippen LogP contribution in [-0.4, -0.2) is 11.0 Å². The Bertz CT molecular complexity index is 426. The maximum atomic E-state index is 13.5. The van der Waals surface area contributed by atoms with Crippen molar-refractivity contribution in [3.05, 3.63) is 22.6 Å². The topological polar surface area (TPSA) is 48.7 Å². The third-order valence-electron chi connectivity index (χ3n) is 2.41. The number of nitrogens with one attached hydrogen (secondary N) is 1. The van der Waals surface area contributed by atoms with Gasteiger partial charge in [-0.1, -0.05) is 25.4 Å². The van der Waals surface area contributed by atoms with Crippen LogP contribution >= 0.6 is 11.6 Å². The summed E-state index contributed by atoms with van der Waals surface area (Å²) in [5.74, 6) is -0.130. The number of nitriles is 1. The number of halogens is 2. The molecule has 86 valence electrons. The largest absolute Gasteiger partial charge is 0.365 e. The molecule has 0 amide bonds. The van der Waals surface area contributed by atoms with Crippen LogP contribution in [0.5, 0.6) is 0 Å². The van der Waals surface area contributed by atoms with Crippen molar-refractivity contribution in [3.8, 4) is 6.07 Å². The van der Waals surface area contributed by atoms with Crippen molar-refractivity contribution in [2.24, 2.45) is 5.92 Å². The quantitative estimate of drug-likeness (QED) is 0.827. The van der Waals surface area contributed by atoms with Gasteiger partial charge in [-0.05, 0) is 18.9 Å². The minimum Gasteiger partial charge on any atom is -0.365 e. The van der Waals surface area contributed by atoms with Gasteiger partial charge in [-0.25, -0.2) is 9.37 Å². The molecule has 0 aromatic carbocycles. The van der Waals surface area contributed by atoms with E-state index in [2.05, 4.69) is 10.3 Å². The van der Waals surface area contributed by atoms with Crippen molar-refractivity contribution in [1.29, 1.82) is 5.26 Å². The van der Waals surface area contributed by atoms with Crippen molar-refractivity contribution in [1.82, 2.24) is 4.98 Å². The molecule has 1 aromatic heterocycles. The lowest BCUT2D eigenvalue weighted by Gasteiger charge is -2.18. The van der Waals surface area contributed by atoms with Gasteiger partial charge in [0.05, 0.1) is 5.56 Å². The van der Waals surface area contributed by atoms with Gasteiger partial charge in [-0.2, -0.15) is 5.26 Å². The molecule has 16 heavy (non-hydrogen) atoms. The average Bonchev–Trinajstić information content (AvgIpc) is 2.22. The summed E-state index contributed by atoms with van der Waals surface area (Å²) in [5, 5.41) is 11.6. The van der Waals surface area contributed by atoms with Crippen LogP contribution in [0.25, 0.3) is 0 Å². The number of hydrogen-bond donors (Lipinski definition) is 1. The Balaban J connectivity index is 2.99. The van der Waals surface area contributed by atoms with Gasteiger partial charge in [0.25, 0.3) is 0 Å². The Labute approximate surface area is 99.3 Å². The molecule has 0 aliphatic heterocycles. The van der Waals surface area contributed by atoms with Crippen molar-refractivity contribution >= 4 is 17.4 Å². The van der Waals surface area contributed by atoms with E-state index >= 15 is 0 Å². The maximum Gasteiger partial charge on any atom is 0.166 e. The molecule has 0 fully saturated rings. The standard InChI is InChI=1S/C11H13ClFN3/c1-6(2)7(3)15-11-9(13)4-8(5-14)10(12)16-11/h4,6-7H,1-3H3,(H,15,16)/t7-/m0/s1. The zero-order valence-electron chi connectivity index (χ0n) is 9.38. The van der Waals surface area contributed by atoms with Crippen LogP contribution in [0.4, 0.5) is 10.2 Å². The number of pyridine rings is 1. The van der Waals surface area contributed by atoms with Crippen LogP contribution < -0.4 is 5.32 Å². The number of anilines is 1. The molecular weight excluding hydrogens is 229 g/mol. The highest BCUT2D eigenvalue weighted by Crippen LogP contribution is 2.21. The van der Waals surface area contributed by atoms with E-state index in [4.69, 9.17) is 16.9 Å². The Morgan fingerprint density at radius 1 is 1.50 bits per heavy atom. The minimum absolute atomic E-state index is 0.0161. The molecule has 0 radical (unpaired) electrons. The summed E-state index contributed by atoms with van der Waals surface area (Å²) < 4.78 is 13.5. The second-order valence-corrected chi connectivity index (χ2v) is 4.30. The van der Waals surface area contributed by atoms with E-state index < -0.39 is 5.82 Å². The summed E-state index contributed by atoms with van der Waals surface area (Å²) in [6.07, 6.45) is 0. The minimum atomic E-state index is -0.562. The van der Waals surface area contributed by atoms with E-state index in [-0.39, 0.29) is 22.6 Å². The van der Waals surface area contributed by atoms with Crippen LogP contribution in [0.2, 0.25) is 5.15 Å². The number of rotatable bonds is 3. The SMILES string of the molecule is CC(C)[C@H](C)Nc1nc(Cl)c(C#N)cc1F. The summed E-state index contributed by atoms with van der Waals surface area (Å²) in [6.45, 7) is 5.96. The molecule has 1 atom stereocenters. The molecular formula is C11H13ClFN3. The molecule has 3 nitrogen and oxygen atoms in total. The van der Waals surface area contributed by atoms with Gasteiger partial charge in [-0.15, -0.1) is 0 Å². The third-order valence-corrected chi connectivity index (χ3v) is 2.70. The molecule has 0 saturated heterocycles. The van der Waals surface area contributed by atoms with E-state index in [1.807, 2.05) is 20.8 Å². The van der Waals surface area contributed by atoms with Gasteiger partial charge < -0.3 is 5.32 Å². The lowest BCUT2D eigenvalue weighted by molar-refractivity contribution is 0.549. The summed E-state index contributed by atoms with van der Waals surface area (Å²) >= 11 is 5.72. The van der Waals surface area contributed by atoms with Gasteiger partial charge in [-0.3, -0.25) is 0 Å². The van der Waals surface area contributed by atoms with Crippen LogP contribution in [0.3, 0.4) is 0 Å². The van der Waals surface area contributed by atoms with Gasteiger partial charge in [0.2, 0.25) is 0 Å². The van der Waals surface area contributed by atoms with Crippen LogP contribution in [0.15, 0.2) is 6.07 Å². The summed E-state index contributed by atoms with van der Waals surface area (Å²) in [4.78, 5) is 3.82. The fourth-order valence-electron chi connectivity index (χ4n) is 1.03. The van der Waals surface area contributed by atoms with Gasteiger partial charge in [0, 0.05) is 6.04 Å². The molecule has 0 saturated carbocycles. The predicted octanol–water partition coefficient (Wildman–Crippen LogP) is 3.20. The summed E-state index contributed by atoms with van der Waals surface area (Å²) in [5.41, 5.74) is 0.0434. The number of aromatic nitrogens is 1. The molecule has 0 aliphatic rings. The Morgan fingerprint density at radius 3 is 2.62 bits per heavy atom. The first-order valence-electron chi connectivity index (χ1n) is 4.98. The highest BCUT2D eigenvalue weighted by atomic mass is 35.5. The summed E-state index contributed by atoms with van der Waals surface area (Å²) in [6, 6.07) is 2.94. The van der Waals surface area contributed by atoms with Crippen LogP contribution in [-0.2, 0) is 0 Å². The van der Waals surface area contributed by atoms with Gasteiger partial charge >= 0.3 is 0 Å². The van der Waals surface area contributed by atoms with Crippen molar-refractivity contribution in [2.45, 2.75) is 26.8 Å². The monoisotopic (exact) mass is 241 g/mol. The van der Waals surface area contributed by atoms with E-state index in [1.54, 1.807) is 6.07 Å². The Hall–Kier alpha value is -1.34. The lowest BCUT2D eigenvalue weighted by Crippen LogP contribution is -2.23. The first kappa shape index (κ1) is 12.7. The maximum absolute atomic E-state index is 13.5. The van der Waals surface area contributed by atoms with Crippen molar-refractivity contribution in [3.63, 3.8) is 0 Å². The number of hydrogen-bond acceptors (Lipinski definition) is 3. The Morgan fingerprint density at radius 2 is 2.12 bits per heavy atom. The molecule has 0 aliphatic carbocycles. The molecule has 1 rings (SSSR count). The molecule has 1 aromatic rings. The zero-order valence-corrected chi connectivity index (χ0v) is 10.1. The molecule has 1 N–H and O–H groups in total. The van der Waals surface area contributed by atoms with Gasteiger partial charge in [0.15, 0.2) is 11.6 Å². The highest BCUT2D eigenvalue weighted by molar-refractivity contribution is 6.30. The van der Waals surface area contributed by atoms with Crippen LogP contribution in [0.1, 0.15) is 26.3 Å². The van der Waals surface area contributed by atoms with Crippen molar-refractivity contribution in [2.75, 3.05) is 5.32 Å². The van der Waals surface area contributed by atoms with E-state index in [0.717, 1.165) is 6.07 Å². The highest BCUT2D eigenvalue weighted by Gasteiger charge is 2.14. The average molecular weight is 242 g/mol. The molecule has 0 bridgehead atoms. The molecule has 1 heterocycles. The third kappa shape index (κ3) is 2.83. The van der Waals surface area contributed by atoms with E-state index in [0.29, 0.717) is 5.92 Å². The first-order valence-corrected chi connectivity index (χ1v) is 5.36. The second kappa shape index (κ2) is 5.13. The Kier molecular flexibility index (Phi) is 4.08. The van der Waals surface area contributed by atoms with Gasteiger partial charge in [0.1, 0.15) is 11.2 Å². The molecule has 5 heteroatoms. The smallest absolute Gasteiger partial charge is 0.166 e. The van der Waals surface area contributed by atoms with Crippen molar-refractivity contribution < 1.29 is 4.39 Å². The van der Waals surface area contributed by atoms with E-state index in [1.165, 1.54) is 0 Å². The number of nitrogens with zero attached hydrogens (tertiary/aromatic N) is 2. The summed E-state index contributed by atoms with van der Waals surface area (Å²) in [7, 11) is 0. The molecule has 0 unspecified atom stereocenters. The predicted molar refractivity (Wildman–Crippen MR) is 61.8 cm³/mol. The van der Waals surface area contributed by atoms with E-state index in [9.17, 15) is 4.39 Å². The second-order valence-electron chi connectivity index (χ2n) is 3.95.